The van der Waals surface area contributed by atoms with E-state index in [0.29, 0.717) is 12.6 Å². The quantitative estimate of drug-likeness (QED) is 0.0439. The summed E-state index contributed by atoms with van der Waals surface area (Å²) in [5.41, 5.74) is 0. The molecule has 0 aliphatic carbocycles. The Bertz CT molecular complexity index is 1310. The first-order chi connectivity index (χ1) is 27.7. The van der Waals surface area contributed by atoms with Crippen LogP contribution in [0.3, 0.4) is 0 Å². The zero-order valence-electron chi connectivity index (χ0n) is 35.8. The first kappa shape index (κ1) is 73.7. The number of ether oxygens (including phenoxy) is 4. The predicted molar refractivity (Wildman–Crippen MR) is 175 cm³/mol. The number of aldehydes is 2. The Morgan fingerprint density at radius 2 is 1.03 bits per heavy atom. The minimum atomic E-state index is -5.94. The van der Waals surface area contributed by atoms with Gasteiger partial charge in [-0.2, -0.15) is 0 Å². The SMILES string of the molecule is CC(C=O)OC(C(=O)O)C(C)C=O.CC(OC(C(=O)O)C(C)C(=O)O)C(=O)O.C[C@@H]1OC(C(=O)O)[C@@H](C)[C@H](O)C1O.C[C@@H]1OC(CO)[C@@H](C)[C@H](O)C1O.[Na+].[Na+].[O-][Cl+][O-].[O-][I+3]([O-])([O-])[O-]. The van der Waals surface area contributed by atoms with E-state index in [-0.39, 0.29) is 77.7 Å². The largest absolute Gasteiger partial charge is 1.00 e. The molecule has 0 amide bonds. The molecule has 0 aromatic heterocycles. The van der Waals surface area contributed by atoms with Crippen molar-refractivity contribution < 1.29 is 217 Å². The summed E-state index contributed by atoms with van der Waals surface area (Å²) >= 11 is -6.36. The monoisotopic (exact) mass is 1080 g/mol. The Morgan fingerprint density at radius 1 is 0.651 bits per heavy atom. The van der Waals surface area contributed by atoms with Gasteiger partial charge in [-0.15, -0.1) is 0 Å². The van der Waals surface area contributed by atoms with Crippen LogP contribution in [0.4, 0.5) is 0 Å². The fraction of sp³-hybridized carbons (Fsp3) is 0.781. The number of halogens is 2. The van der Waals surface area contributed by atoms with Crippen molar-refractivity contribution in [1.29, 1.82) is 0 Å². The molecule has 0 radical (unpaired) electrons. The molecule has 360 valence electrons. The number of hydrogen-bond donors (Lipinski definition) is 10. The first-order valence-corrected chi connectivity index (χ1v) is 21.4. The minimum absolute atomic E-state index is 0. The fourth-order valence-electron chi connectivity index (χ4n) is 4.52. The minimum Gasteiger partial charge on any atom is -0.544 e. The van der Waals surface area contributed by atoms with Crippen LogP contribution in [0.2, 0.25) is 0 Å². The molecule has 2 fully saturated rings. The summed E-state index contributed by atoms with van der Waals surface area (Å²) in [5, 5.41) is 89.5. The van der Waals surface area contributed by atoms with Crippen molar-refractivity contribution in [3.63, 3.8) is 0 Å². The van der Waals surface area contributed by atoms with Gasteiger partial charge >= 0.3 is 89.0 Å². The molecule has 10 N–H and O–H groups in total. The van der Waals surface area contributed by atoms with Crippen LogP contribution >= 0.6 is 0 Å². The maximum absolute atomic E-state index is 10.6. The van der Waals surface area contributed by atoms with E-state index >= 15 is 0 Å². The van der Waals surface area contributed by atoms with Gasteiger partial charge in [0.15, 0.2) is 24.4 Å². The van der Waals surface area contributed by atoms with Crippen molar-refractivity contribution >= 4 is 42.4 Å². The van der Waals surface area contributed by atoms with E-state index in [1.54, 1.807) is 20.8 Å². The molecular weight excluding hydrogens is 1020 g/mol. The van der Waals surface area contributed by atoms with Gasteiger partial charge in [0.2, 0.25) is 0 Å². The van der Waals surface area contributed by atoms with E-state index in [9.17, 15) is 54.0 Å². The van der Waals surface area contributed by atoms with Gasteiger partial charge in [0, 0.05) is 17.8 Å². The van der Waals surface area contributed by atoms with E-state index in [1.165, 1.54) is 20.8 Å². The smallest absolute Gasteiger partial charge is 0.544 e. The van der Waals surface area contributed by atoms with Crippen LogP contribution < -0.4 is 102 Å². The maximum atomic E-state index is 10.6. The summed E-state index contributed by atoms with van der Waals surface area (Å²) in [6.45, 7) is 11.5. The van der Waals surface area contributed by atoms with Gasteiger partial charge in [-0.1, -0.05) is 20.8 Å². The van der Waals surface area contributed by atoms with E-state index in [0.717, 1.165) is 13.8 Å². The van der Waals surface area contributed by atoms with Crippen LogP contribution in [0.25, 0.3) is 0 Å². The van der Waals surface area contributed by atoms with E-state index < -0.39 is 146 Å². The molecule has 0 bridgehead atoms. The third kappa shape index (κ3) is 32.5. The second kappa shape index (κ2) is 38.1. The van der Waals surface area contributed by atoms with Gasteiger partial charge < -0.3 is 88.9 Å². The van der Waals surface area contributed by atoms with Crippen LogP contribution in [0.1, 0.15) is 55.4 Å². The number of aliphatic hydroxyl groups excluding tert-OH is 5. The predicted octanol–water partition coefficient (Wildman–Crippen LogP) is -18.3. The van der Waals surface area contributed by atoms with Crippen LogP contribution in [0.5, 0.6) is 0 Å². The summed E-state index contributed by atoms with van der Waals surface area (Å²) in [4.78, 5) is 73.2. The van der Waals surface area contributed by atoms with Gasteiger partial charge in [-0.05, 0) is 34.6 Å². The molecular formula is C32H54ClINa2O27. The van der Waals surface area contributed by atoms with Crippen molar-refractivity contribution in [2.45, 2.75) is 129 Å². The molecule has 0 saturated carbocycles. The summed E-state index contributed by atoms with van der Waals surface area (Å²) in [6, 6.07) is 0. The molecule has 0 aromatic carbocycles. The molecule has 27 nitrogen and oxygen atoms in total. The Labute approximate surface area is 415 Å². The van der Waals surface area contributed by atoms with Crippen LogP contribution in [0.15, 0.2) is 0 Å². The topological polar surface area (TPSA) is 497 Å². The summed E-state index contributed by atoms with van der Waals surface area (Å²) in [6.07, 6.45) is -10.3. The number of aliphatic carboxylic acids is 5. The fourth-order valence-corrected chi connectivity index (χ4v) is 4.52. The van der Waals surface area contributed by atoms with Gasteiger partial charge in [0.1, 0.15) is 51.0 Å². The number of carboxylic acid groups (broad SMARTS) is 5. The molecule has 2 rings (SSSR count). The summed E-state index contributed by atoms with van der Waals surface area (Å²) in [5.74, 6) is -9.45. The number of carbonyl (C=O) groups excluding carboxylic acids is 2. The van der Waals surface area contributed by atoms with Crippen LogP contribution in [-0.2, 0) is 52.5 Å². The van der Waals surface area contributed by atoms with Crippen molar-refractivity contribution in [1.82, 2.24) is 0 Å². The summed E-state index contributed by atoms with van der Waals surface area (Å²) in [7, 11) is 0. The molecule has 2 aliphatic heterocycles. The molecule has 2 aliphatic rings. The summed E-state index contributed by atoms with van der Waals surface area (Å²) < 4.78 is 70.7. The average Bonchev–Trinajstić information content (AvgIpc) is 3.16. The van der Waals surface area contributed by atoms with Crippen molar-refractivity contribution in [3.8, 4) is 0 Å². The number of hydrogen-bond acceptors (Lipinski definition) is 22. The number of aliphatic hydroxyl groups is 5. The van der Waals surface area contributed by atoms with Crippen molar-refractivity contribution in [2.24, 2.45) is 23.7 Å². The molecule has 2 saturated heterocycles. The van der Waals surface area contributed by atoms with Crippen LogP contribution in [-0.4, -0.2) is 173 Å². The second-order valence-electron chi connectivity index (χ2n) is 13.0. The Kier molecular flexibility index (Phi) is 44.6. The zero-order chi connectivity index (χ0) is 49.3. The third-order valence-electron chi connectivity index (χ3n) is 8.25. The van der Waals surface area contributed by atoms with Gasteiger partial charge in [-0.25, -0.2) is 19.2 Å². The molecule has 63 heavy (non-hydrogen) atoms. The number of carbonyl (C=O) groups is 7. The number of rotatable bonds is 14. The van der Waals surface area contributed by atoms with Gasteiger partial charge in [0.25, 0.3) is 0 Å². The molecule has 31 heteroatoms. The second-order valence-corrected chi connectivity index (χ2v) is 15.3. The maximum Gasteiger partial charge on any atom is 1.00 e. The molecule has 2 heterocycles. The van der Waals surface area contributed by atoms with E-state index in [4.69, 9.17) is 67.9 Å². The Morgan fingerprint density at radius 3 is 1.33 bits per heavy atom. The van der Waals surface area contributed by atoms with Gasteiger partial charge in [-0.3, -0.25) is 18.5 Å². The molecule has 0 spiro atoms. The standard InChI is InChI=1S/C8H12O7.C8H14O5.C8H12O5.C8H16O4.ClO2.IO4.2Na/c1-3(6(9)10)5(8(13)14)15-4(2)7(11)12;1-3-5(9)6(10)4(2)13-7(3)8(11)12;1-5(3-9)7(8(11)12)13-6(2)4-10;1-4-6(3-9)12-5(2)8(11)7(4)10;2-1-3;2-1(3,4)5;;/h3-5H,1-2H3,(H,9,10)(H,11,12)(H,13,14);3-7,9-10H,1-2H3,(H,11,12);3-7H,1-2H3,(H,11,12);4-11H,3H2,1-2H3;;;;/q;;;;2*-1;2*+1/t;3-,4-,5-,6?,7?;;4-,5+,6?,7+,8?;;;;/m.0.1..../s1. The Hall–Kier alpha value is -0.890. The normalized spacial score (nSPS) is 27.5. The molecule has 0 aromatic rings. The van der Waals surface area contributed by atoms with Crippen LogP contribution in [0, 0.1) is 35.0 Å². The molecule has 16 atom stereocenters. The third-order valence-corrected chi connectivity index (χ3v) is 8.25. The van der Waals surface area contributed by atoms with Crippen molar-refractivity contribution in [3.05, 3.63) is 0 Å². The Balaban J connectivity index is -0.000000161. The van der Waals surface area contributed by atoms with E-state index in [2.05, 4.69) is 4.74 Å². The zero-order valence-corrected chi connectivity index (χ0v) is 42.7. The van der Waals surface area contributed by atoms with Crippen molar-refractivity contribution in [2.75, 3.05) is 6.61 Å². The molecule has 10 unspecified atom stereocenters. The average molecular weight is 1080 g/mol. The first-order valence-electron chi connectivity index (χ1n) is 17.2. The van der Waals surface area contributed by atoms with Gasteiger partial charge in [0.05, 0.1) is 54.4 Å². The number of carboxylic acids is 5. The van der Waals surface area contributed by atoms with E-state index in [1.807, 2.05) is 0 Å².